The Bertz CT molecular complexity index is 661. The van der Waals surface area contributed by atoms with E-state index in [0.29, 0.717) is 5.69 Å². The molecule has 0 aliphatic carbocycles. The molecule has 1 amide bonds. The van der Waals surface area contributed by atoms with E-state index in [1.807, 2.05) is 24.4 Å². The highest BCUT2D eigenvalue weighted by Crippen LogP contribution is 2.18. The molecule has 0 bridgehead atoms. The Balaban J connectivity index is 2.21. The molecule has 0 spiro atoms. The fraction of sp³-hybridized carbons (Fsp3) is 0.125. The number of carboxylic acids is 1. The molecule has 108 valence electrons. The second kappa shape index (κ2) is 6.85. The molecule has 2 rings (SSSR count). The van der Waals surface area contributed by atoms with Crippen molar-refractivity contribution in [3.05, 3.63) is 58.3 Å². The molecular formula is C16H15NO3S. The molecule has 1 heterocycles. The zero-order valence-electron chi connectivity index (χ0n) is 11.5. The average Bonchev–Trinajstić information content (AvgIpc) is 2.88. The number of carbonyl (C=O) groups excluding carboxylic acids is 1. The van der Waals surface area contributed by atoms with Gasteiger partial charge in [-0.05, 0) is 42.1 Å². The van der Waals surface area contributed by atoms with Crippen LogP contribution in [-0.4, -0.2) is 23.5 Å². The van der Waals surface area contributed by atoms with E-state index in [1.54, 1.807) is 30.3 Å². The lowest BCUT2D eigenvalue weighted by molar-refractivity contribution is -0.136. The number of para-hydroxylation sites is 1. The van der Waals surface area contributed by atoms with Crippen LogP contribution >= 0.6 is 11.3 Å². The normalized spacial score (nSPS) is 10.7. The van der Waals surface area contributed by atoms with Gasteiger partial charge in [0, 0.05) is 16.6 Å². The van der Waals surface area contributed by atoms with Crippen LogP contribution in [0.5, 0.6) is 0 Å². The molecule has 0 atom stereocenters. The number of carboxylic acid groups (broad SMARTS) is 1. The molecule has 1 aromatic carbocycles. The van der Waals surface area contributed by atoms with E-state index in [-0.39, 0.29) is 12.5 Å². The Kier molecular flexibility index (Phi) is 4.90. The molecule has 0 fully saturated rings. The fourth-order valence-corrected chi connectivity index (χ4v) is 2.65. The first-order valence-corrected chi connectivity index (χ1v) is 7.26. The number of aryl methyl sites for hydroxylation is 1. The summed E-state index contributed by atoms with van der Waals surface area (Å²) in [6.07, 6.45) is 3.13. The van der Waals surface area contributed by atoms with Crippen LogP contribution in [0.15, 0.2) is 47.9 Å². The molecule has 1 N–H and O–H groups in total. The maximum atomic E-state index is 12.3. The number of hydrogen-bond donors (Lipinski definition) is 1. The van der Waals surface area contributed by atoms with Crippen molar-refractivity contribution in [2.45, 2.75) is 6.92 Å². The summed E-state index contributed by atoms with van der Waals surface area (Å²) in [5.41, 5.74) is 1.66. The first-order chi connectivity index (χ1) is 10.1. The number of thiophene rings is 1. The van der Waals surface area contributed by atoms with E-state index in [1.165, 1.54) is 22.3 Å². The summed E-state index contributed by atoms with van der Waals surface area (Å²) in [4.78, 5) is 25.5. The van der Waals surface area contributed by atoms with Crippen molar-refractivity contribution in [2.24, 2.45) is 0 Å². The number of hydrogen-bond acceptors (Lipinski definition) is 3. The molecule has 0 saturated carbocycles. The highest BCUT2D eigenvalue weighted by Gasteiger charge is 2.16. The summed E-state index contributed by atoms with van der Waals surface area (Å²) >= 11 is 1.54. The van der Waals surface area contributed by atoms with E-state index >= 15 is 0 Å². The molecule has 1 aromatic heterocycles. The zero-order chi connectivity index (χ0) is 15.2. The minimum atomic E-state index is -1.05. The largest absolute Gasteiger partial charge is 0.480 e. The standard InChI is InChI=1S/C16H15NO3S/c1-12-9-10-21-14(12)7-8-15(18)17(11-16(19)20)13-5-3-2-4-6-13/h2-10H,11H2,1H3,(H,19,20)/b8-7+. The maximum absolute atomic E-state index is 12.3. The smallest absolute Gasteiger partial charge is 0.323 e. The predicted octanol–water partition coefficient (Wildman–Crippen LogP) is 3.19. The van der Waals surface area contributed by atoms with E-state index < -0.39 is 5.97 Å². The predicted molar refractivity (Wildman–Crippen MR) is 84.5 cm³/mol. The minimum Gasteiger partial charge on any atom is -0.480 e. The highest BCUT2D eigenvalue weighted by molar-refractivity contribution is 7.11. The van der Waals surface area contributed by atoms with Gasteiger partial charge in [0.15, 0.2) is 0 Å². The van der Waals surface area contributed by atoms with Crippen LogP contribution in [0.4, 0.5) is 5.69 Å². The van der Waals surface area contributed by atoms with Crippen LogP contribution in [0.1, 0.15) is 10.4 Å². The first-order valence-electron chi connectivity index (χ1n) is 6.38. The third kappa shape index (κ3) is 4.03. The van der Waals surface area contributed by atoms with Crippen molar-refractivity contribution in [3.63, 3.8) is 0 Å². The third-order valence-electron chi connectivity index (χ3n) is 2.91. The summed E-state index contributed by atoms with van der Waals surface area (Å²) < 4.78 is 0. The summed E-state index contributed by atoms with van der Waals surface area (Å²) in [7, 11) is 0. The summed E-state index contributed by atoms with van der Waals surface area (Å²) in [5, 5.41) is 10.9. The van der Waals surface area contributed by atoms with Gasteiger partial charge in [0.2, 0.25) is 0 Å². The van der Waals surface area contributed by atoms with Gasteiger partial charge in [-0.25, -0.2) is 0 Å². The fourth-order valence-electron chi connectivity index (χ4n) is 1.83. The second-order valence-corrected chi connectivity index (χ2v) is 5.40. The Labute approximate surface area is 127 Å². The van der Waals surface area contributed by atoms with Gasteiger partial charge in [-0.2, -0.15) is 0 Å². The number of anilines is 1. The van der Waals surface area contributed by atoms with Crippen molar-refractivity contribution < 1.29 is 14.7 Å². The second-order valence-electron chi connectivity index (χ2n) is 4.45. The number of nitrogens with zero attached hydrogens (tertiary/aromatic N) is 1. The Morgan fingerprint density at radius 2 is 1.95 bits per heavy atom. The van der Waals surface area contributed by atoms with E-state index in [0.717, 1.165) is 10.4 Å². The van der Waals surface area contributed by atoms with Crippen molar-refractivity contribution in [1.29, 1.82) is 0 Å². The van der Waals surface area contributed by atoms with Crippen molar-refractivity contribution in [1.82, 2.24) is 0 Å². The van der Waals surface area contributed by atoms with Crippen molar-refractivity contribution in [2.75, 3.05) is 11.4 Å². The topological polar surface area (TPSA) is 57.6 Å². The Morgan fingerprint density at radius 3 is 2.52 bits per heavy atom. The van der Waals surface area contributed by atoms with Gasteiger partial charge in [-0.15, -0.1) is 11.3 Å². The SMILES string of the molecule is Cc1ccsc1/C=C/C(=O)N(CC(=O)O)c1ccccc1. The zero-order valence-corrected chi connectivity index (χ0v) is 12.3. The van der Waals surface area contributed by atoms with Crippen LogP contribution in [0.25, 0.3) is 6.08 Å². The van der Waals surface area contributed by atoms with Gasteiger partial charge >= 0.3 is 5.97 Å². The molecule has 21 heavy (non-hydrogen) atoms. The summed E-state index contributed by atoms with van der Waals surface area (Å²) in [5.74, 6) is -1.40. The number of rotatable bonds is 5. The van der Waals surface area contributed by atoms with Gasteiger partial charge in [0.25, 0.3) is 5.91 Å². The number of amides is 1. The van der Waals surface area contributed by atoms with Crippen molar-refractivity contribution >= 4 is 35.0 Å². The van der Waals surface area contributed by atoms with Crippen LogP contribution in [0.2, 0.25) is 0 Å². The lowest BCUT2D eigenvalue weighted by Gasteiger charge is -2.18. The van der Waals surface area contributed by atoms with Gasteiger partial charge in [-0.1, -0.05) is 18.2 Å². The number of aliphatic carboxylic acids is 1. The monoisotopic (exact) mass is 301 g/mol. The van der Waals surface area contributed by atoms with Crippen LogP contribution in [0.3, 0.4) is 0 Å². The number of benzene rings is 1. The molecule has 4 nitrogen and oxygen atoms in total. The Morgan fingerprint density at radius 1 is 1.24 bits per heavy atom. The van der Waals surface area contributed by atoms with E-state index in [2.05, 4.69) is 0 Å². The summed E-state index contributed by atoms with van der Waals surface area (Å²) in [6.45, 7) is 1.60. The number of carbonyl (C=O) groups is 2. The van der Waals surface area contributed by atoms with Gasteiger partial charge in [-0.3, -0.25) is 14.5 Å². The quantitative estimate of drug-likeness (QED) is 0.863. The van der Waals surface area contributed by atoms with Crippen LogP contribution in [0, 0.1) is 6.92 Å². The molecule has 0 aliphatic rings. The van der Waals surface area contributed by atoms with Gasteiger partial charge < -0.3 is 5.11 Å². The first kappa shape index (κ1) is 15.0. The minimum absolute atomic E-state index is 0.351. The third-order valence-corrected chi connectivity index (χ3v) is 3.89. The molecular weight excluding hydrogens is 286 g/mol. The molecule has 0 aliphatic heterocycles. The van der Waals surface area contributed by atoms with E-state index in [9.17, 15) is 9.59 Å². The van der Waals surface area contributed by atoms with Crippen LogP contribution < -0.4 is 4.90 Å². The van der Waals surface area contributed by atoms with E-state index in [4.69, 9.17) is 5.11 Å². The molecule has 0 radical (unpaired) electrons. The van der Waals surface area contributed by atoms with Crippen molar-refractivity contribution in [3.8, 4) is 0 Å². The average molecular weight is 301 g/mol. The molecule has 0 unspecified atom stereocenters. The molecule has 2 aromatic rings. The highest BCUT2D eigenvalue weighted by atomic mass is 32.1. The van der Waals surface area contributed by atoms with Crippen LogP contribution in [-0.2, 0) is 9.59 Å². The Hall–Kier alpha value is -2.40. The summed E-state index contributed by atoms with van der Waals surface area (Å²) in [6, 6.07) is 10.8. The lowest BCUT2D eigenvalue weighted by atomic mass is 10.2. The van der Waals surface area contributed by atoms with Gasteiger partial charge in [0.05, 0.1) is 0 Å². The molecule has 0 saturated heterocycles. The molecule has 5 heteroatoms. The lowest BCUT2D eigenvalue weighted by Crippen LogP contribution is -2.34. The maximum Gasteiger partial charge on any atom is 0.323 e. The van der Waals surface area contributed by atoms with Gasteiger partial charge in [0.1, 0.15) is 6.54 Å².